The van der Waals surface area contributed by atoms with Gasteiger partial charge in [0, 0.05) is 22.8 Å². The van der Waals surface area contributed by atoms with Gasteiger partial charge in [-0.05, 0) is 40.5 Å². The van der Waals surface area contributed by atoms with E-state index in [1.807, 2.05) is 11.8 Å². The number of thioether (sulfide) groups is 1. The fraction of sp³-hybridized carbons (Fsp3) is 0.913. The lowest BCUT2D eigenvalue weighted by molar-refractivity contribution is -0.350. The summed E-state index contributed by atoms with van der Waals surface area (Å²) in [6, 6.07) is 0.158. The highest BCUT2D eigenvalue weighted by Crippen LogP contribution is 2.58. The maximum Gasteiger partial charge on any atom is 0.315 e. The van der Waals surface area contributed by atoms with Crippen molar-refractivity contribution in [3.05, 3.63) is 0 Å². The van der Waals surface area contributed by atoms with E-state index in [-0.39, 0.29) is 24.5 Å². The van der Waals surface area contributed by atoms with Crippen LogP contribution >= 0.6 is 11.8 Å². The number of fused-ring (bicyclic) bond motifs is 1. The molecule has 0 aromatic rings. The van der Waals surface area contributed by atoms with Gasteiger partial charge in [-0.1, -0.05) is 20.3 Å². The summed E-state index contributed by atoms with van der Waals surface area (Å²) in [7, 11) is 0. The van der Waals surface area contributed by atoms with Crippen LogP contribution in [0.2, 0.25) is 0 Å². The first kappa shape index (κ1) is 26.5. The first-order chi connectivity index (χ1) is 15.0. The van der Waals surface area contributed by atoms with Crippen molar-refractivity contribution in [2.45, 2.75) is 107 Å². The second kappa shape index (κ2) is 8.55. The number of amides is 2. The van der Waals surface area contributed by atoms with Crippen LogP contribution < -0.4 is 10.6 Å². The molecular formula is C23H40N2O7S. The highest BCUT2D eigenvalue weighted by molar-refractivity contribution is 8.00. The topological polar surface area (TPSA) is 148 Å². The normalized spacial score (nSPS) is 48.1. The van der Waals surface area contributed by atoms with Crippen molar-refractivity contribution in [2.24, 2.45) is 11.3 Å². The molecule has 2 amide bonds. The molecule has 6 N–H and O–H groups in total. The molecule has 2 aliphatic heterocycles. The Morgan fingerprint density at radius 2 is 1.76 bits per heavy atom. The van der Waals surface area contributed by atoms with Crippen LogP contribution in [0.25, 0.3) is 0 Å². The van der Waals surface area contributed by atoms with Crippen LogP contribution in [0.3, 0.4) is 0 Å². The second-order valence-electron chi connectivity index (χ2n) is 11.2. The largest absolute Gasteiger partial charge is 0.456 e. The van der Waals surface area contributed by atoms with E-state index in [4.69, 9.17) is 4.74 Å². The number of ether oxygens (including phenoxy) is 1. The third kappa shape index (κ3) is 4.05. The van der Waals surface area contributed by atoms with Gasteiger partial charge in [-0.25, -0.2) is 4.79 Å². The minimum Gasteiger partial charge on any atom is -0.456 e. The molecule has 0 aromatic heterocycles. The first-order valence-corrected chi connectivity index (χ1v) is 12.8. The smallest absolute Gasteiger partial charge is 0.315 e. The maximum atomic E-state index is 13.0. The van der Waals surface area contributed by atoms with Gasteiger partial charge in [0.1, 0.15) is 22.4 Å². The summed E-state index contributed by atoms with van der Waals surface area (Å²) in [5.41, 5.74) is -8.62. The van der Waals surface area contributed by atoms with Gasteiger partial charge in [-0.3, -0.25) is 4.79 Å². The fourth-order valence-electron chi connectivity index (χ4n) is 5.72. The van der Waals surface area contributed by atoms with Crippen LogP contribution in [0, 0.1) is 11.3 Å². The van der Waals surface area contributed by atoms with Crippen LogP contribution in [-0.2, 0) is 9.53 Å². The summed E-state index contributed by atoms with van der Waals surface area (Å²) in [4.78, 5) is 24.6. The molecule has 9 atom stereocenters. The van der Waals surface area contributed by atoms with Crippen molar-refractivity contribution in [3.8, 4) is 0 Å². The number of carbonyl (C=O) groups is 2. The number of esters is 1. The van der Waals surface area contributed by atoms with E-state index in [1.165, 1.54) is 20.8 Å². The number of hydrogen-bond acceptors (Lipinski definition) is 8. The summed E-state index contributed by atoms with van der Waals surface area (Å²) in [5.74, 6) is -0.0565. The molecule has 0 bridgehead atoms. The molecule has 5 unspecified atom stereocenters. The second-order valence-corrected chi connectivity index (χ2v) is 12.5. The van der Waals surface area contributed by atoms with Gasteiger partial charge < -0.3 is 35.8 Å². The zero-order valence-corrected chi connectivity index (χ0v) is 21.3. The SMILES string of the molecule is CC(CCCC1SC[C@@H]2NC(=O)N[C@H]12)C(=O)O[C@]1(C)CC(C)(CO)[C@@](C)(O)C(C)(O)C1(C)O. The van der Waals surface area contributed by atoms with Crippen molar-refractivity contribution in [3.63, 3.8) is 0 Å². The van der Waals surface area contributed by atoms with Crippen LogP contribution in [0.5, 0.6) is 0 Å². The van der Waals surface area contributed by atoms with Gasteiger partial charge in [-0.2, -0.15) is 11.8 Å². The Morgan fingerprint density at radius 1 is 1.12 bits per heavy atom. The van der Waals surface area contributed by atoms with Crippen molar-refractivity contribution in [1.82, 2.24) is 10.6 Å². The Kier molecular flexibility index (Phi) is 6.87. The number of urea groups is 1. The molecule has 10 heteroatoms. The van der Waals surface area contributed by atoms with Crippen LogP contribution in [0.4, 0.5) is 4.79 Å². The summed E-state index contributed by atoms with van der Waals surface area (Å²) in [6.45, 7) is 8.51. The highest BCUT2D eigenvalue weighted by atomic mass is 32.2. The Hall–Kier alpha value is -1.07. The van der Waals surface area contributed by atoms with Gasteiger partial charge in [0.25, 0.3) is 0 Å². The maximum absolute atomic E-state index is 13.0. The van der Waals surface area contributed by atoms with E-state index in [0.29, 0.717) is 11.7 Å². The third-order valence-electron chi connectivity index (χ3n) is 8.97. The molecule has 0 radical (unpaired) electrons. The zero-order chi connectivity index (χ0) is 25.0. The minimum absolute atomic E-state index is 0.0282. The number of aliphatic hydroxyl groups is 4. The summed E-state index contributed by atoms with van der Waals surface area (Å²) in [6.07, 6.45) is 2.19. The molecule has 0 aromatic carbocycles. The lowest BCUT2D eigenvalue weighted by atomic mass is 9.49. The molecule has 0 spiro atoms. The van der Waals surface area contributed by atoms with Gasteiger partial charge in [0.05, 0.1) is 24.6 Å². The average molecular weight is 489 g/mol. The number of hydrogen-bond donors (Lipinski definition) is 6. The van der Waals surface area contributed by atoms with E-state index in [0.717, 1.165) is 18.6 Å². The number of nitrogens with one attached hydrogen (secondary N) is 2. The van der Waals surface area contributed by atoms with Crippen LogP contribution in [-0.4, -0.2) is 84.5 Å². The Balaban J connectivity index is 1.63. The molecule has 3 fully saturated rings. The van der Waals surface area contributed by atoms with Gasteiger partial charge in [-0.15, -0.1) is 0 Å². The van der Waals surface area contributed by atoms with Gasteiger partial charge >= 0.3 is 12.0 Å². The highest BCUT2D eigenvalue weighted by Gasteiger charge is 2.74. The standard InChI is InChI=1S/C23H40N2O7S/c1-13(8-7-9-15-16-14(10-33-15)24-18(28)25-16)17(27)32-20(3)11-19(2,12-26)21(4,29)23(6,31)22(20,5)30/h13-16,26,29-31H,7-12H2,1-6H3,(H2,24,25,28)/t13?,14-,15?,16-,19?,20+,21+,22?,23?/m0/s1. The fourth-order valence-corrected chi connectivity index (χ4v) is 7.26. The molecule has 3 rings (SSSR count). The predicted octanol–water partition coefficient (Wildman–Crippen LogP) is 0.915. The number of carbonyl (C=O) groups excluding carboxylic acids is 2. The Labute approximate surface area is 200 Å². The van der Waals surface area contributed by atoms with Gasteiger partial charge in [0.2, 0.25) is 0 Å². The van der Waals surface area contributed by atoms with Crippen molar-refractivity contribution in [1.29, 1.82) is 0 Å². The average Bonchev–Trinajstić information content (AvgIpc) is 3.25. The lowest BCUT2D eigenvalue weighted by Crippen LogP contribution is -2.81. The molecule has 1 aliphatic carbocycles. The van der Waals surface area contributed by atoms with E-state index < -0.39 is 46.3 Å². The molecule has 2 heterocycles. The molecule has 2 saturated heterocycles. The summed E-state index contributed by atoms with van der Waals surface area (Å²) >= 11 is 1.82. The van der Waals surface area contributed by atoms with Crippen LogP contribution in [0.1, 0.15) is 67.2 Å². The number of rotatable bonds is 7. The monoisotopic (exact) mass is 488 g/mol. The van der Waals surface area contributed by atoms with Crippen LogP contribution in [0.15, 0.2) is 0 Å². The molecule has 1 saturated carbocycles. The van der Waals surface area contributed by atoms with Gasteiger partial charge in [0.15, 0.2) is 0 Å². The molecule has 190 valence electrons. The van der Waals surface area contributed by atoms with Crippen molar-refractivity contribution >= 4 is 23.8 Å². The predicted molar refractivity (Wildman–Crippen MR) is 125 cm³/mol. The summed E-state index contributed by atoms with van der Waals surface area (Å²) in [5, 5.41) is 49.9. The molecule has 33 heavy (non-hydrogen) atoms. The quantitative estimate of drug-likeness (QED) is 0.229. The van der Waals surface area contributed by atoms with E-state index in [2.05, 4.69) is 10.6 Å². The van der Waals surface area contributed by atoms with E-state index in [9.17, 15) is 30.0 Å². The lowest BCUT2D eigenvalue weighted by Gasteiger charge is -2.65. The molecule has 9 nitrogen and oxygen atoms in total. The first-order valence-electron chi connectivity index (χ1n) is 11.7. The van der Waals surface area contributed by atoms with Crippen molar-refractivity contribution in [2.75, 3.05) is 12.4 Å². The third-order valence-corrected chi connectivity index (χ3v) is 10.5. The Morgan fingerprint density at radius 3 is 2.36 bits per heavy atom. The Bertz CT molecular complexity index is 789. The van der Waals surface area contributed by atoms with E-state index in [1.54, 1.807) is 20.8 Å². The zero-order valence-electron chi connectivity index (χ0n) is 20.5. The van der Waals surface area contributed by atoms with E-state index >= 15 is 0 Å². The minimum atomic E-state index is -2.07. The molecule has 3 aliphatic rings. The summed E-state index contributed by atoms with van der Waals surface area (Å²) < 4.78 is 5.84. The molecular weight excluding hydrogens is 448 g/mol. The van der Waals surface area contributed by atoms with Crippen molar-refractivity contribution < 1.29 is 34.8 Å². The number of aliphatic hydroxyl groups excluding tert-OH is 1.